The summed E-state index contributed by atoms with van der Waals surface area (Å²) < 4.78 is 10.3. The van der Waals surface area contributed by atoms with E-state index in [0.717, 1.165) is 5.56 Å². The Labute approximate surface area is 131 Å². The summed E-state index contributed by atoms with van der Waals surface area (Å²) in [5, 5.41) is 0. The van der Waals surface area contributed by atoms with Crippen molar-refractivity contribution >= 4 is 12.1 Å². The molecular formula is C17H23NO4. The Morgan fingerprint density at radius 2 is 1.82 bits per heavy atom. The van der Waals surface area contributed by atoms with Crippen LogP contribution in [0.1, 0.15) is 38.7 Å². The minimum atomic E-state index is -0.637. The lowest BCUT2D eigenvalue weighted by molar-refractivity contribution is -0.146. The fourth-order valence-corrected chi connectivity index (χ4v) is 2.78. The molecule has 0 saturated carbocycles. The maximum atomic E-state index is 12.4. The van der Waals surface area contributed by atoms with Crippen molar-refractivity contribution in [2.45, 2.75) is 44.8 Å². The highest BCUT2D eigenvalue weighted by Crippen LogP contribution is 2.35. The maximum Gasteiger partial charge on any atom is 0.411 e. The molecule has 0 aromatic heterocycles. The van der Waals surface area contributed by atoms with Crippen LogP contribution < -0.4 is 0 Å². The summed E-state index contributed by atoms with van der Waals surface area (Å²) in [7, 11) is 1.34. The first-order valence-electron chi connectivity index (χ1n) is 7.46. The first kappa shape index (κ1) is 16.3. The van der Waals surface area contributed by atoms with Gasteiger partial charge in [-0.1, -0.05) is 30.3 Å². The molecule has 1 aliphatic rings. The van der Waals surface area contributed by atoms with Gasteiger partial charge in [0.15, 0.2) is 0 Å². The summed E-state index contributed by atoms with van der Waals surface area (Å²) in [4.78, 5) is 26.1. The molecule has 120 valence electrons. The van der Waals surface area contributed by atoms with E-state index in [1.807, 2.05) is 51.1 Å². The number of nitrogens with zero attached hydrogens (tertiary/aromatic N) is 1. The molecule has 1 heterocycles. The maximum absolute atomic E-state index is 12.4. The summed E-state index contributed by atoms with van der Waals surface area (Å²) >= 11 is 0. The average molecular weight is 305 g/mol. The van der Waals surface area contributed by atoms with E-state index in [2.05, 4.69) is 0 Å². The van der Waals surface area contributed by atoms with E-state index in [0.29, 0.717) is 13.0 Å². The number of amides is 1. The molecule has 1 aromatic rings. The van der Waals surface area contributed by atoms with Gasteiger partial charge >= 0.3 is 12.1 Å². The van der Waals surface area contributed by atoms with Crippen molar-refractivity contribution in [2.24, 2.45) is 0 Å². The smallest absolute Gasteiger partial charge is 0.411 e. The molecule has 2 atom stereocenters. The van der Waals surface area contributed by atoms with E-state index >= 15 is 0 Å². The van der Waals surface area contributed by atoms with Crippen LogP contribution in [0.2, 0.25) is 0 Å². The molecule has 0 bridgehead atoms. The second-order valence-electron chi connectivity index (χ2n) is 6.45. The van der Waals surface area contributed by atoms with Crippen molar-refractivity contribution < 1.29 is 19.1 Å². The van der Waals surface area contributed by atoms with Crippen LogP contribution in [0.25, 0.3) is 0 Å². The zero-order valence-corrected chi connectivity index (χ0v) is 13.5. The lowest BCUT2D eigenvalue weighted by atomic mass is 9.92. The molecule has 22 heavy (non-hydrogen) atoms. The van der Waals surface area contributed by atoms with Gasteiger partial charge < -0.3 is 9.47 Å². The van der Waals surface area contributed by atoms with E-state index in [1.165, 1.54) is 12.0 Å². The molecule has 0 radical (unpaired) electrons. The predicted molar refractivity (Wildman–Crippen MR) is 82.5 cm³/mol. The molecule has 1 amide bonds. The van der Waals surface area contributed by atoms with E-state index < -0.39 is 23.7 Å². The molecule has 1 saturated heterocycles. The normalized spacial score (nSPS) is 21.5. The largest absolute Gasteiger partial charge is 0.467 e. The van der Waals surface area contributed by atoms with Crippen LogP contribution >= 0.6 is 0 Å². The van der Waals surface area contributed by atoms with Crippen LogP contribution in [-0.4, -0.2) is 42.3 Å². The van der Waals surface area contributed by atoms with E-state index in [-0.39, 0.29) is 5.92 Å². The molecule has 5 heteroatoms. The number of likely N-dealkylation sites (tertiary alicyclic amines) is 1. The Morgan fingerprint density at radius 3 is 2.36 bits per heavy atom. The molecule has 1 fully saturated rings. The number of hydrogen-bond acceptors (Lipinski definition) is 4. The van der Waals surface area contributed by atoms with Crippen molar-refractivity contribution in [3.05, 3.63) is 35.9 Å². The summed E-state index contributed by atoms with van der Waals surface area (Å²) in [6.07, 6.45) is 0.240. The zero-order valence-electron chi connectivity index (χ0n) is 13.5. The number of esters is 1. The molecule has 0 N–H and O–H groups in total. The third-order valence-corrected chi connectivity index (χ3v) is 3.70. The van der Waals surface area contributed by atoms with E-state index in [1.54, 1.807) is 0 Å². The molecule has 0 spiro atoms. The lowest BCUT2D eigenvalue weighted by Gasteiger charge is -2.29. The summed E-state index contributed by atoms with van der Waals surface area (Å²) in [5.41, 5.74) is 0.437. The second-order valence-corrected chi connectivity index (χ2v) is 6.45. The van der Waals surface area contributed by atoms with Crippen LogP contribution in [0, 0.1) is 0 Å². The van der Waals surface area contributed by atoms with Crippen LogP contribution in [0.15, 0.2) is 30.3 Å². The highest BCUT2D eigenvalue weighted by molar-refractivity contribution is 5.83. The molecule has 1 aliphatic heterocycles. The molecule has 1 aromatic carbocycles. The van der Waals surface area contributed by atoms with Crippen molar-refractivity contribution in [3.8, 4) is 0 Å². The first-order chi connectivity index (χ1) is 10.3. The topological polar surface area (TPSA) is 55.8 Å². The van der Waals surface area contributed by atoms with Crippen molar-refractivity contribution in [1.29, 1.82) is 0 Å². The third kappa shape index (κ3) is 3.59. The third-order valence-electron chi connectivity index (χ3n) is 3.70. The van der Waals surface area contributed by atoms with Crippen LogP contribution in [-0.2, 0) is 14.3 Å². The Hall–Kier alpha value is -2.04. The van der Waals surface area contributed by atoms with Gasteiger partial charge in [0.2, 0.25) is 0 Å². The first-order valence-corrected chi connectivity index (χ1v) is 7.46. The Balaban J connectivity index is 2.25. The van der Waals surface area contributed by atoms with Crippen LogP contribution in [0.3, 0.4) is 0 Å². The van der Waals surface area contributed by atoms with Gasteiger partial charge in [0.1, 0.15) is 11.6 Å². The molecule has 5 nitrogen and oxygen atoms in total. The number of benzene rings is 1. The van der Waals surface area contributed by atoms with E-state index in [4.69, 9.17) is 9.47 Å². The lowest BCUT2D eigenvalue weighted by Crippen LogP contribution is -2.45. The quantitative estimate of drug-likeness (QED) is 0.788. The fraction of sp³-hybridized carbons (Fsp3) is 0.529. The Kier molecular flexibility index (Phi) is 4.74. The van der Waals surface area contributed by atoms with Crippen molar-refractivity contribution in [3.63, 3.8) is 0 Å². The number of hydrogen-bond donors (Lipinski definition) is 0. The van der Waals surface area contributed by atoms with Gasteiger partial charge in [0.25, 0.3) is 0 Å². The van der Waals surface area contributed by atoms with Crippen molar-refractivity contribution in [2.75, 3.05) is 13.7 Å². The van der Waals surface area contributed by atoms with E-state index in [9.17, 15) is 9.59 Å². The molecule has 0 aliphatic carbocycles. The number of methoxy groups -OCH3 is 1. The summed E-state index contributed by atoms with van der Waals surface area (Å²) in [5.74, 6) is -0.474. The average Bonchev–Trinajstić information content (AvgIpc) is 2.90. The SMILES string of the molecule is COC(=O)[C@@H]1C(c2ccccc2)CCN1C(=O)OC(C)(C)C. The highest BCUT2D eigenvalue weighted by atomic mass is 16.6. The molecular weight excluding hydrogens is 282 g/mol. The second kappa shape index (κ2) is 6.38. The highest BCUT2D eigenvalue weighted by Gasteiger charge is 2.44. The number of rotatable bonds is 2. The fourth-order valence-electron chi connectivity index (χ4n) is 2.78. The van der Waals surface area contributed by atoms with Crippen LogP contribution in [0.5, 0.6) is 0 Å². The number of carbonyl (C=O) groups excluding carboxylic acids is 2. The summed E-state index contributed by atoms with van der Waals surface area (Å²) in [6.45, 7) is 5.91. The minimum absolute atomic E-state index is 0.0684. The summed E-state index contributed by atoms with van der Waals surface area (Å²) in [6, 6.07) is 9.09. The zero-order chi connectivity index (χ0) is 16.3. The number of carbonyl (C=O) groups is 2. The Bertz CT molecular complexity index is 535. The number of ether oxygens (including phenoxy) is 2. The van der Waals surface area contributed by atoms with Gasteiger partial charge in [-0.15, -0.1) is 0 Å². The minimum Gasteiger partial charge on any atom is -0.467 e. The monoisotopic (exact) mass is 305 g/mol. The standard InChI is InChI=1S/C17H23NO4/c1-17(2,3)22-16(20)18-11-10-13(14(18)15(19)21-4)12-8-6-5-7-9-12/h5-9,13-14H,10-11H2,1-4H3/t13?,14-/m0/s1. The van der Waals surface area contributed by atoms with Gasteiger partial charge in [-0.3, -0.25) is 4.90 Å². The van der Waals surface area contributed by atoms with Crippen LogP contribution in [0.4, 0.5) is 4.79 Å². The van der Waals surface area contributed by atoms with Crippen molar-refractivity contribution in [1.82, 2.24) is 4.90 Å². The predicted octanol–water partition coefficient (Wildman–Crippen LogP) is 2.95. The van der Waals surface area contributed by atoms with Gasteiger partial charge in [-0.2, -0.15) is 0 Å². The molecule has 1 unspecified atom stereocenters. The molecule has 2 rings (SSSR count). The van der Waals surface area contributed by atoms with Gasteiger partial charge in [-0.05, 0) is 32.8 Å². The Morgan fingerprint density at radius 1 is 1.18 bits per heavy atom. The van der Waals surface area contributed by atoms with Gasteiger partial charge in [-0.25, -0.2) is 9.59 Å². The van der Waals surface area contributed by atoms with Gasteiger partial charge in [0, 0.05) is 12.5 Å². The van der Waals surface area contributed by atoms with Gasteiger partial charge in [0.05, 0.1) is 7.11 Å².